The maximum absolute atomic E-state index is 12.4. The van der Waals surface area contributed by atoms with Crippen LogP contribution in [0.3, 0.4) is 0 Å². The largest absolute Gasteiger partial charge is 0.381 e. The molecule has 5 heteroatoms. The van der Waals surface area contributed by atoms with Gasteiger partial charge in [-0.25, -0.2) is 0 Å². The van der Waals surface area contributed by atoms with Gasteiger partial charge in [0.1, 0.15) is 0 Å². The minimum absolute atomic E-state index is 0.0290. The van der Waals surface area contributed by atoms with E-state index in [1.54, 1.807) is 4.90 Å². The Morgan fingerprint density at radius 2 is 1.92 bits per heavy atom. The van der Waals surface area contributed by atoms with Crippen LogP contribution in [0.15, 0.2) is 24.3 Å². The van der Waals surface area contributed by atoms with Crippen LogP contribution in [0, 0.1) is 5.92 Å². The highest BCUT2D eigenvalue weighted by atomic mass is 16.5. The second-order valence-corrected chi connectivity index (χ2v) is 7.67. The Balaban J connectivity index is 1.86. The van der Waals surface area contributed by atoms with Gasteiger partial charge >= 0.3 is 0 Å². The number of likely N-dealkylation sites (N-methyl/N-ethyl adjacent to an activating group) is 1. The van der Waals surface area contributed by atoms with E-state index in [2.05, 4.69) is 26.1 Å². The van der Waals surface area contributed by atoms with E-state index in [4.69, 9.17) is 4.74 Å². The van der Waals surface area contributed by atoms with Crippen molar-refractivity contribution in [2.75, 3.05) is 32.8 Å². The molecule has 0 bridgehead atoms. The van der Waals surface area contributed by atoms with Crippen molar-refractivity contribution in [3.8, 4) is 0 Å². The maximum Gasteiger partial charge on any atom is 0.251 e. The van der Waals surface area contributed by atoms with Crippen LogP contribution in [0.1, 0.15) is 50.0 Å². The van der Waals surface area contributed by atoms with E-state index in [1.807, 2.05) is 31.2 Å². The van der Waals surface area contributed by atoms with Gasteiger partial charge in [-0.1, -0.05) is 32.9 Å². The molecule has 138 valence electrons. The quantitative estimate of drug-likeness (QED) is 0.861. The van der Waals surface area contributed by atoms with Crippen molar-refractivity contribution in [1.29, 1.82) is 0 Å². The summed E-state index contributed by atoms with van der Waals surface area (Å²) in [4.78, 5) is 26.4. The lowest BCUT2D eigenvalue weighted by molar-refractivity contribution is -0.130. The fourth-order valence-corrected chi connectivity index (χ4v) is 2.94. The normalized spacial score (nSPS) is 17.4. The van der Waals surface area contributed by atoms with Crippen molar-refractivity contribution in [2.24, 2.45) is 5.92 Å². The summed E-state index contributed by atoms with van der Waals surface area (Å²) in [5.74, 6) is 0.146. The number of ether oxygens (including phenoxy) is 1. The van der Waals surface area contributed by atoms with E-state index >= 15 is 0 Å². The second-order valence-electron chi connectivity index (χ2n) is 7.67. The number of amides is 2. The van der Waals surface area contributed by atoms with Crippen LogP contribution in [0.25, 0.3) is 0 Å². The van der Waals surface area contributed by atoms with Gasteiger partial charge in [0.15, 0.2) is 0 Å². The van der Waals surface area contributed by atoms with Crippen molar-refractivity contribution in [3.05, 3.63) is 35.4 Å². The van der Waals surface area contributed by atoms with Gasteiger partial charge in [-0.05, 0) is 36.5 Å². The Morgan fingerprint density at radius 3 is 2.44 bits per heavy atom. The summed E-state index contributed by atoms with van der Waals surface area (Å²) >= 11 is 0. The first-order valence-electron chi connectivity index (χ1n) is 9.05. The highest BCUT2D eigenvalue weighted by molar-refractivity contribution is 5.96. The molecule has 1 aromatic carbocycles. The Morgan fingerprint density at radius 1 is 1.24 bits per heavy atom. The molecule has 1 fully saturated rings. The molecule has 2 rings (SSSR count). The van der Waals surface area contributed by atoms with E-state index in [0.717, 1.165) is 19.6 Å². The number of rotatable bonds is 6. The lowest BCUT2D eigenvalue weighted by atomic mass is 9.87. The Kier molecular flexibility index (Phi) is 6.59. The van der Waals surface area contributed by atoms with Crippen LogP contribution in [-0.2, 0) is 14.9 Å². The van der Waals surface area contributed by atoms with Gasteiger partial charge in [-0.2, -0.15) is 0 Å². The Labute approximate surface area is 150 Å². The van der Waals surface area contributed by atoms with Crippen molar-refractivity contribution in [3.63, 3.8) is 0 Å². The SMILES string of the molecule is CCN(CC1CCOC1)C(=O)CNC(=O)c1ccc(C(C)(C)C)cc1. The summed E-state index contributed by atoms with van der Waals surface area (Å²) in [6.45, 7) is 11.2. The molecular formula is C20H30N2O3. The van der Waals surface area contributed by atoms with Gasteiger partial charge in [-0.3, -0.25) is 9.59 Å². The highest BCUT2D eigenvalue weighted by Gasteiger charge is 2.22. The van der Waals surface area contributed by atoms with Gasteiger partial charge in [0.05, 0.1) is 13.2 Å². The zero-order valence-electron chi connectivity index (χ0n) is 15.8. The first-order valence-corrected chi connectivity index (χ1v) is 9.05. The van der Waals surface area contributed by atoms with Gasteiger partial charge in [0, 0.05) is 31.2 Å². The second kappa shape index (κ2) is 8.48. The molecule has 0 spiro atoms. The van der Waals surface area contributed by atoms with Crippen molar-refractivity contribution in [2.45, 2.75) is 39.5 Å². The summed E-state index contributed by atoms with van der Waals surface area (Å²) in [6.07, 6.45) is 0.996. The summed E-state index contributed by atoms with van der Waals surface area (Å²) in [5.41, 5.74) is 1.81. The third-order valence-electron chi connectivity index (χ3n) is 4.65. The van der Waals surface area contributed by atoms with Crippen molar-refractivity contribution in [1.82, 2.24) is 10.2 Å². The number of hydrogen-bond acceptors (Lipinski definition) is 3. The van der Waals surface area contributed by atoms with Gasteiger partial charge in [-0.15, -0.1) is 0 Å². The molecule has 0 aromatic heterocycles. The predicted molar refractivity (Wildman–Crippen MR) is 98.7 cm³/mol. The predicted octanol–water partition coefficient (Wildman–Crippen LogP) is 2.60. The molecule has 1 N–H and O–H groups in total. The van der Waals surface area contributed by atoms with Gasteiger partial charge in [0.25, 0.3) is 5.91 Å². The third-order valence-corrected chi connectivity index (χ3v) is 4.65. The van der Waals surface area contributed by atoms with E-state index in [0.29, 0.717) is 24.6 Å². The van der Waals surface area contributed by atoms with Crippen LogP contribution in [0.2, 0.25) is 0 Å². The summed E-state index contributed by atoms with van der Waals surface area (Å²) in [6, 6.07) is 7.56. The molecule has 2 amide bonds. The average Bonchev–Trinajstić information content (AvgIpc) is 3.09. The van der Waals surface area contributed by atoms with E-state index in [9.17, 15) is 9.59 Å². The minimum atomic E-state index is -0.214. The lowest BCUT2D eigenvalue weighted by Gasteiger charge is -2.24. The molecule has 1 aliphatic rings. The summed E-state index contributed by atoms with van der Waals surface area (Å²) in [7, 11) is 0. The van der Waals surface area contributed by atoms with Crippen LogP contribution in [0.5, 0.6) is 0 Å². The fourth-order valence-electron chi connectivity index (χ4n) is 2.94. The number of hydrogen-bond donors (Lipinski definition) is 1. The third kappa shape index (κ3) is 5.56. The molecule has 1 heterocycles. The monoisotopic (exact) mass is 346 g/mol. The molecular weight excluding hydrogens is 316 g/mol. The van der Waals surface area contributed by atoms with E-state index in [-0.39, 0.29) is 23.8 Å². The average molecular weight is 346 g/mol. The summed E-state index contributed by atoms with van der Waals surface area (Å²) in [5, 5.41) is 2.74. The fraction of sp³-hybridized carbons (Fsp3) is 0.600. The van der Waals surface area contributed by atoms with Gasteiger partial charge in [0.2, 0.25) is 5.91 Å². The van der Waals surface area contributed by atoms with Gasteiger partial charge < -0.3 is 15.0 Å². The number of carbonyl (C=O) groups excluding carboxylic acids is 2. The zero-order valence-corrected chi connectivity index (χ0v) is 15.8. The molecule has 5 nitrogen and oxygen atoms in total. The topological polar surface area (TPSA) is 58.6 Å². The molecule has 0 radical (unpaired) electrons. The maximum atomic E-state index is 12.4. The van der Waals surface area contributed by atoms with E-state index in [1.165, 1.54) is 5.56 Å². The standard InChI is InChI=1S/C20H30N2O3/c1-5-22(13-15-10-11-25-14-15)18(23)12-21-19(24)16-6-8-17(9-7-16)20(2,3)4/h6-9,15H,5,10-14H2,1-4H3,(H,21,24). The molecule has 1 aromatic rings. The molecule has 1 aliphatic heterocycles. The van der Waals surface area contributed by atoms with Crippen molar-refractivity contribution >= 4 is 11.8 Å². The molecule has 0 saturated carbocycles. The van der Waals surface area contributed by atoms with Crippen LogP contribution in [-0.4, -0.2) is 49.6 Å². The Bertz CT molecular complexity index is 584. The summed E-state index contributed by atoms with van der Waals surface area (Å²) < 4.78 is 5.36. The Hall–Kier alpha value is -1.88. The number of benzene rings is 1. The zero-order chi connectivity index (χ0) is 18.4. The lowest BCUT2D eigenvalue weighted by Crippen LogP contribution is -2.42. The molecule has 1 saturated heterocycles. The van der Waals surface area contributed by atoms with Crippen molar-refractivity contribution < 1.29 is 14.3 Å². The minimum Gasteiger partial charge on any atom is -0.381 e. The molecule has 1 atom stereocenters. The molecule has 25 heavy (non-hydrogen) atoms. The first kappa shape index (κ1) is 19.4. The van der Waals surface area contributed by atoms with Crippen LogP contribution in [0.4, 0.5) is 0 Å². The van der Waals surface area contributed by atoms with E-state index < -0.39 is 0 Å². The number of carbonyl (C=O) groups is 2. The molecule has 1 unspecified atom stereocenters. The first-order chi connectivity index (χ1) is 11.8. The molecule has 0 aliphatic carbocycles. The van der Waals surface area contributed by atoms with Crippen LogP contribution >= 0.6 is 0 Å². The number of nitrogens with zero attached hydrogens (tertiary/aromatic N) is 1. The smallest absolute Gasteiger partial charge is 0.251 e. The number of nitrogens with one attached hydrogen (secondary N) is 1. The highest BCUT2D eigenvalue weighted by Crippen LogP contribution is 2.22. The van der Waals surface area contributed by atoms with Crippen LogP contribution < -0.4 is 5.32 Å².